The van der Waals surface area contributed by atoms with Crippen LogP contribution in [0.1, 0.15) is 15.2 Å². The number of rotatable bonds is 3. The van der Waals surface area contributed by atoms with Crippen LogP contribution in [-0.2, 0) is 5.33 Å². The molecule has 0 aliphatic heterocycles. The summed E-state index contributed by atoms with van der Waals surface area (Å²) < 4.78 is 2.34. The highest BCUT2D eigenvalue weighted by Crippen LogP contribution is 2.30. The van der Waals surface area contributed by atoms with Crippen LogP contribution in [-0.4, -0.2) is 5.91 Å². The topological polar surface area (TPSA) is 29.1 Å². The fourth-order valence-corrected chi connectivity index (χ4v) is 4.31. The van der Waals surface area contributed by atoms with E-state index in [-0.39, 0.29) is 5.91 Å². The number of hydrogen-bond donors (Lipinski definition) is 1. The molecular formula is C14H10BrNOS2. The van der Waals surface area contributed by atoms with Gasteiger partial charge < -0.3 is 5.32 Å². The highest BCUT2D eigenvalue weighted by atomic mass is 79.9. The van der Waals surface area contributed by atoms with Crippen LogP contribution in [0.3, 0.4) is 0 Å². The van der Waals surface area contributed by atoms with E-state index in [0.29, 0.717) is 0 Å². The van der Waals surface area contributed by atoms with E-state index in [9.17, 15) is 4.79 Å². The smallest absolute Gasteiger partial charge is 0.265 e. The van der Waals surface area contributed by atoms with Crippen molar-refractivity contribution in [2.75, 3.05) is 5.32 Å². The Morgan fingerprint density at radius 1 is 1.21 bits per heavy atom. The molecule has 3 aromatic rings. The Morgan fingerprint density at radius 2 is 2.05 bits per heavy atom. The van der Waals surface area contributed by atoms with Crippen molar-refractivity contribution in [3.05, 3.63) is 52.2 Å². The van der Waals surface area contributed by atoms with Crippen LogP contribution in [0.4, 0.5) is 5.69 Å². The number of hydrogen-bond acceptors (Lipinski definition) is 3. The molecule has 0 unspecified atom stereocenters. The van der Waals surface area contributed by atoms with E-state index in [4.69, 9.17) is 0 Å². The zero-order chi connectivity index (χ0) is 13.2. The second-order valence-electron chi connectivity index (χ2n) is 4.00. The number of anilines is 1. The van der Waals surface area contributed by atoms with Gasteiger partial charge in [-0.3, -0.25) is 4.79 Å². The van der Waals surface area contributed by atoms with E-state index in [1.165, 1.54) is 20.7 Å². The average Bonchev–Trinajstić information content (AvgIpc) is 3.00. The van der Waals surface area contributed by atoms with Gasteiger partial charge in [0.15, 0.2) is 0 Å². The molecule has 2 aromatic heterocycles. The number of carbonyl (C=O) groups excluding carboxylic acids is 1. The zero-order valence-electron chi connectivity index (χ0n) is 9.85. The zero-order valence-corrected chi connectivity index (χ0v) is 13.1. The van der Waals surface area contributed by atoms with Gasteiger partial charge in [-0.05, 0) is 29.1 Å². The quantitative estimate of drug-likeness (QED) is 0.652. The molecule has 3 rings (SSSR count). The minimum absolute atomic E-state index is 0.0400. The Kier molecular flexibility index (Phi) is 3.68. The van der Waals surface area contributed by atoms with Crippen molar-refractivity contribution in [2.45, 2.75) is 5.33 Å². The molecular weight excluding hydrogens is 342 g/mol. The van der Waals surface area contributed by atoms with Gasteiger partial charge >= 0.3 is 0 Å². The third-order valence-electron chi connectivity index (χ3n) is 2.77. The van der Waals surface area contributed by atoms with Crippen LogP contribution in [0.15, 0.2) is 41.8 Å². The normalized spacial score (nSPS) is 10.8. The lowest BCUT2D eigenvalue weighted by Gasteiger charge is -2.07. The number of nitrogens with one attached hydrogen (secondary N) is 1. The molecule has 1 N–H and O–H groups in total. The third-order valence-corrected chi connectivity index (χ3v) is 5.47. The Bertz CT molecular complexity index is 703. The maximum absolute atomic E-state index is 12.2. The second-order valence-corrected chi connectivity index (χ2v) is 6.60. The van der Waals surface area contributed by atoms with Gasteiger partial charge in [-0.25, -0.2) is 0 Å². The average molecular weight is 352 g/mol. The first-order valence-electron chi connectivity index (χ1n) is 5.70. The Labute approximate surface area is 127 Å². The van der Waals surface area contributed by atoms with Crippen molar-refractivity contribution in [2.24, 2.45) is 0 Å². The maximum atomic E-state index is 12.2. The lowest BCUT2D eigenvalue weighted by molar-refractivity contribution is 0.103. The summed E-state index contributed by atoms with van der Waals surface area (Å²) in [6.45, 7) is 0. The summed E-state index contributed by atoms with van der Waals surface area (Å²) in [6, 6.07) is 11.8. The van der Waals surface area contributed by atoms with Gasteiger partial charge in [-0.1, -0.05) is 34.1 Å². The molecule has 0 radical (unpaired) electrons. The molecule has 0 saturated heterocycles. The van der Waals surface area contributed by atoms with Crippen molar-refractivity contribution >= 4 is 59.6 Å². The second kappa shape index (κ2) is 5.45. The van der Waals surface area contributed by atoms with Crippen LogP contribution < -0.4 is 5.32 Å². The molecule has 0 atom stereocenters. The summed E-state index contributed by atoms with van der Waals surface area (Å²) >= 11 is 6.62. The van der Waals surface area contributed by atoms with Crippen molar-refractivity contribution in [1.29, 1.82) is 0 Å². The van der Waals surface area contributed by atoms with E-state index in [1.807, 2.05) is 41.8 Å². The van der Waals surface area contributed by atoms with E-state index >= 15 is 0 Å². The molecule has 2 heterocycles. The predicted octanol–water partition coefficient (Wildman–Crippen LogP) is 5.11. The van der Waals surface area contributed by atoms with E-state index < -0.39 is 0 Å². The van der Waals surface area contributed by atoms with Gasteiger partial charge in [0, 0.05) is 20.4 Å². The number of halogens is 1. The van der Waals surface area contributed by atoms with E-state index in [0.717, 1.165) is 21.5 Å². The molecule has 0 aliphatic carbocycles. The summed E-state index contributed by atoms with van der Waals surface area (Å²) in [4.78, 5) is 13.0. The van der Waals surface area contributed by atoms with Gasteiger partial charge in [0.05, 0.1) is 4.88 Å². The Morgan fingerprint density at radius 3 is 2.84 bits per heavy atom. The van der Waals surface area contributed by atoms with Crippen molar-refractivity contribution in [1.82, 2.24) is 0 Å². The largest absolute Gasteiger partial charge is 0.321 e. The molecule has 0 bridgehead atoms. The lowest BCUT2D eigenvalue weighted by Crippen LogP contribution is -2.11. The van der Waals surface area contributed by atoms with Gasteiger partial charge in [-0.2, -0.15) is 0 Å². The molecule has 0 spiro atoms. The van der Waals surface area contributed by atoms with Crippen LogP contribution in [0, 0.1) is 0 Å². The van der Waals surface area contributed by atoms with Gasteiger partial charge in [0.25, 0.3) is 5.91 Å². The first kappa shape index (κ1) is 12.8. The minimum Gasteiger partial charge on any atom is -0.321 e. The summed E-state index contributed by atoms with van der Waals surface area (Å²) in [5.41, 5.74) is 1.94. The maximum Gasteiger partial charge on any atom is 0.265 e. The monoisotopic (exact) mass is 351 g/mol. The molecule has 0 saturated carbocycles. The Balaban J connectivity index is 1.86. The van der Waals surface area contributed by atoms with E-state index in [1.54, 1.807) is 11.3 Å². The summed E-state index contributed by atoms with van der Waals surface area (Å²) in [5, 5.41) is 5.74. The standard InChI is InChI=1S/C14H10BrNOS2/c15-8-9-3-1-2-4-10(9)16-14(17)13-7-12-11(19-13)5-6-18-12/h1-7H,8H2,(H,16,17). The van der Waals surface area contributed by atoms with Crippen molar-refractivity contribution in [3.63, 3.8) is 0 Å². The number of alkyl halides is 1. The number of carbonyl (C=O) groups is 1. The van der Waals surface area contributed by atoms with Gasteiger partial charge in [0.1, 0.15) is 0 Å². The highest BCUT2D eigenvalue weighted by molar-refractivity contribution is 9.08. The van der Waals surface area contributed by atoms with Crippen LogP contribution in [0.2, 0.25) is 0 Å². The third kappa shape index (κ3) is 2.59. The number of benzene rings is 1. The van der Waals surface area contributed by atoms with Crippen LogP contribution in [0.5, 0.6) is 0 Å². The molecule has 5 heteroatoms. The fraction of sp³-hybridized carbons (Fsp3) is 0.0714. The summed E-state index contributed by atoms with van der Waals surface area (Å²) in [6.07, 6.45) is 0. The first-order valence-corrected chi connectivity index (χ1v) is 8.52. The van der Waals surface area contributed by atoms with Crippen LogP contribution >= 0.6 is 38.6 Å². The molecule has 0 fully saturated rings. The van der Waals surface area contributed by atoms with Crippen LogP contribution in [0.25, 0.3) is 9.40 Å². The molecule has 2 nitrogen and oxygen atoms in total. The Hall–Kier alpha value is -1.17. The molecule has 1 aromatic carbocycles. The number of amides is 1. The fourth-order valence-electron chi connectivity index (χ4n) is 1.82. The predicted molar refractivity (Wildman–Crippen MR) is 86.7 cm³/mol. The van der Waals surface area contributed by atoms with Gasteiger partial charge in [0.2, 0.25) is 0 Å². The minimum atomic E-state index is -0.0400. The first-order chi connectivity index (χ1) is 9.28. The number of thiophene rings is 2. The van der Waals surface area contributed by atoms with E-state index in [2.05, 4.69) is 21.2 Å². The van der Waals surface area contributed by atoms with Crippen molar-refractivity contribution in [3.8, 4) is 0 Å². The van der Waals surface area contributed by atoms with Gasteiger partial charge in [-0.15, -0.1) is 22.7 Å². The molecule has 96 valence electrons. The lowest BCUT2D eigenvalue weighted by atomic mass is 10.2. The molecule has 1 amide bonds. The summed E-state index contributed by atoms with van der Waals surface area (Å²) in [7, 11) is 0. The molecule has 0 aliphatic rings. The highest BCUT2D eigenvalue weighted by Gasteiger charge is 2.12. The van der Waals surface area contributed by atoms with Crippen molar-refractivity contribution < 1.29 is 4.79 Å². The summed E-state index contributed by atoms with van der Waals surface area (Å²) in [5.74, 6) is -0.0400. The number of para-hydroxylation sites is 1. The number of fused-ring (bicyclic) bond motifs is 1. The SMILES string of the molecule is O=C(Nc1ccccc1CBr)c1cc2sccc2s1. The molecule has 19 heavy (non-hydrogen) atoms.